The first-order valence-electron chi connectivity index (χ1n) is 13.1. The number of piperazine rings is 1. The molecule has 0 radical (unpaired) electrons. The molecule has 2 fully saturated rings. The third kappa shape index (κ3) is 5.96. The molecule has 7 heteroatoms. The Morgan fingerprint density at radius 2 is 1.56 bits per heavy atom. The van der Waals surface area contributed by atoms with Gasteiger partial charge in [-0.1, -0.05) is 54.4 Å². The Labute approximate surface area is 206 Å². The van der Waals surface area contributed by atoms with Crippen molar-refractivity contribution in [2.75, 3.05) is 18.1 Å². The Morgan fingerprint density at radius 1 is 1.00 bits per heavy atom. The lowest BCUT2D eigenvalue weighted by Crippen LogP contribution is -2.67. The van der Waals surface area contributed by atoms with Gasteiger partial charge in [0.15, 0.2) is 0 Å². The van der Waals surface area contributed by atoms with E-state index >= 15 is 0 Å². The Bertz CT molecular complexity index is 777. The van der Waals surface area contributed by atoms with E-state index in [1.54, 1.807) is 12.1 Å². The lowest BCUT2D eigenvalue weighted by atomic mass is 9.83. The lowest BCUT2D eigenvalue weighted by Gasteiger charge is -2.52. The van der Waals surface area contributed by atoms with Gasteiger partial charge < -0.3 is 19.4 Å². The maximum Gasteiger partial charge on any atom is 0.420 e. The third-order valence-electron chi connectivity index (χ3n) is 7.90. The van der Waals surface area contributed by atoms with E-state index in [2.05, 4.69) is 65.6 Å². The van der Waals surface area contributed by atoms with Crippen molar-refractivity contribution in [1.82, 2.24) is 5.32 Å². The zero-order valence-electron chi connectivity index (χ0n) is 22.5. The number of alkyl halides is 2. The smallest absolute Gasteiger partial charge is 0.420 e. The molecule has 1 aromatic carbocycles. The van der Waals surface area contributed by atoms with Crippen molar-refractivity contribution < 1.29 is 17.9 Å². The molecule has 0 aromatic heterocycles. The summed E-state index contributed by atoms with van der Waals surface area (Å²) in [5, 5.41) is 3.81. The predicted molar refractivity (Wildman–Crippen MR) is 140 cm³/mol. The number of nitrogens with zero attached hydrogens (tertiary/aromatic N) is 1. The molecule has 1 N–H and O–H groups in total. The van der Waals surface area contributed by atoms with Crippen molar-refractivity contribution in [3.63, 3.8) is 0 Å². The zero-order valence-corrected chi connectivity index (χ0v) is 23.5. The second-order valence-electron chi connectivity index (χ2n) is 12.0. The van der Waals surface area contributed by atoms with Crippen LogP contribution in [0.1, 0.15) is 81.1 Å². The highest BCUT2D eigenvalue weighted by Gasteiger charge is 2.48. The first kappa shape index (κ1) is 27.4. The van der Waals surface area contributed by atoms with Crippen LogP contribution in [0, 0.1) is 0 Å². The largest absolute Gasteiger partial charge is 0.431 e. The van der Waals surface area contributed by atoms with Gasteiger partial charge in [-0.2, -0.15) is 8.78 Å². The van der Waals surface area contributed by atoms with E-state index < -0.39 is 21.0 Å². The number of halogens is 2. The van der Waals surface area contributed by atoms with Crippen LogP contribution in [0.2, 0.25) is 16.6 Å². The van der Waals surface area contributed by atoms with Crippen LogP contribution in [0.25, 0.3) is 0 Å². The lowest BCUT2D eigenvalue weighted by molar-refractivity contribution is -0.198. The van der Waals surface area contributed by atoms with Crippen LogP contribution in [0.4, 0.5) is 14.5 Å². The van der Waals surface area contributed by atoms with E-state index in [0.29, 0.717) is 12.1 Å². The zero-order chi connectivity index (χ0) is 25.3. The fraction of sp³-hybridized carbons (Fsp3) is 0.778. The predicted octanol–water partition coefficient (Wildman–Crippen LogP) is 7.35. The van der Waals surface area contributed by atoms with Gasteiger partial charge >= 0.3 is 6.11 Å². The molecule has 4 nitrogen and oxygen atoms in total. The first-order chi connectivity index (χ1) is 15.8. The van der Waals surface area contributed by atoms with Crippen molar-refractivity contribution in [2.24, 2.45) is 0 Å². The molecule has 2 atom stereocenters. The molecule has 34 heavy (non-hydrogen) atoms. The number of nitrogens with one attached hydrogen (secondary N) is 1. The molecule has 1 aromatic rings. The maximum absolute atomic E-state index is 14.9. The molecule has 0 amide bonds. The fourth-order valence-electron chi connectivity index (χ4n) is 6.64. The molecule has 1 saturated heterocycles. The summed E-state index contributed by atoms with van der Waals surface area (Å²) in [6, 6.07) is 8.12. The number of ether oxygens (including phenoxy) is 1. The van der Waals surface area contributed by atoms with Gasteiger partial charge in [-0.15, -0.1) is 0 Å². The summed E-state index contributed by atoms with van der Waals surface area (Å²) in [6.45, 7) is 17.2. The number of benzene rings is 1. The van der Waals surface area contributed by atoms with Crippen LogP contribution in [-0.4, -0.2) is 45.2 Å². The topological polar surface area (TPSA) is 33.7 Å². The van der Waals surface area contributed by atoms with Crippen LogP contribution in [-0.2, 0) is 4.43 Å². The molecule has 1 aliphatic heterocycles. The minimum atomic E-state index is -3.37. The van der Waals surface area contributed by atoms with Crippen molar-refractivity contribution in [1.29, 1.82) is 0 Å². The molecule has 1 heterocycles. The van der Waals surface area contributed by atoms with E-state index in [0.717, 1.165) is 18.7 Å². The van der Waals surface area contributed by atoms with E-state index in [1.807, 2.05) is 12.1 Å². The van der Waals surface area contributed by atoms with E-state index in [9.17, 15) is 8.78 Å². The monoisotopic (exact) mass is 496 g/mol. The van der Waals surface area contributed by atoms with Crippen LogP contribution in [0.5, 0.6) is 5.75 Å². The minimum absolute atomic E-state index is 0.0116. The highest BCUT2D eigenvalue weighted by atomic mass is 28.4. The third-order valence-corrected chi connectivity index (χ3v) is 14.0. The summed E-state index contributed by atoms with van der Waals surface area (Å²) in [4.78, 5) is 2.46. The molecule has 2 aliphatic rings. The molecule has 1 aliphatic carbocycles. The van der Waals surface area contributed by atoms with Crippen LogP contribution in [0.15, 0.2) is 24.3 Å². The first-order valence-corrected chi connectivity index (χ1v) is 15.3. The summed E-state index contributed by atoms with van der Waals surface area (Å²) >= 11 is 0. The number of rotatable bonds is 9. The van der Waals surface area contributed by atoms with Gasteiger partial charge in [-0.3, -0.25) is 0 Å². The normalized spacial score (nSPS) is 23.5. The van der Waals surface area contributed by atoms with Gasteiger partial charge in [-0.05, 0) is 67.6 Å². The molecule has 0 bridgehead atoms. The number of anilines is 1. The van der Waals surface area contributed by atoms with E-state index in [1.165, 1.54) is 19.3 Å². The standard InChI is InChI=1S/C27H46F2N2O2Si/c1-19(2)34(20(3)4,21(5)6)32-18-27(28,29)33-23-15-13-22(14-16-23)31-17-26(7,8)30-24-11-9-10-12-25(24)31/h13-16,19-21,24-25,30H,9-12,17-18H2,1-8H3/t24-,25+/m1/s1. The summed E-state index contributed by atoms with van der Waals surface area (Å²) < 4.78 is 41.0. The molecular formula is C27H46F2N2O2Si. The highest BCUT2D eigenvalue weighted by molar-refractivity contribution is 6.77. The molecule has 0 spiro atoms. The Kier molecular flexibility index (Phi) is 8.41. The van der Waals surface area contributed by atoms with E-state index in [4.69, 9.17) is 9.16 Å². The van der Waals surface area contributed by atoms with Crippen molar-refractivity contribution in [3.8, 4) is 5.75 Å². The average Bonchev–Trinajstić information content (AvgIpc) is 2.72. The van der Waals surface area contributed by atoms with Gasteiger partial charge in [0, 0.05) is 29.9 Å². The average molecular weight is 497 g/mol. The summed E-state index contributed by atoms with van der Waals surface area (Å²) in [7, 11) is -2.39. The Balaban J connectivity index is 1.69. The summed E-state index contributed by atoms with van der Waals surface area (Å²) in [5.74, 6) is 0.179. The van der Waals surface area contributed by atoms with Gasteiger partial charge in [0.1, 0.15) is 12.4 Å². The SMILES string of the molecule is CC(C)[Si](OCC(F)(F)Oc1ccc(N2CC(C)(C)N[C@@H]3CCCC[C@@H]32)cc1)(C(C)C)C(C)C. The van der Waals surface area contributed by atoms with Crippen molar-refractivity contribution >= 4 is 14.0 Å². The molecule has 0 unspecified atom stereocenters. The summed E-state index contributed by atoms with van der Waals surface area (Å²) in [6.07, 6.45) is 1.47. The van der Waals surface area contributed by atoms with Gasteiger partial charge in [-0.25, -0.2) is 0 Å². The molecule has 1 saturated carbocycles. The molecular weight excluding hydrogens is 450 g/mol. The number of hydrogen-bond acceptors (Lipinski definition) is 4. The highest BCUT2D eigenvalue weighted by Crippen LogP contribution is 2.43. The second-order valence-corrected chi connectivity index (χ2v) is 17.4. The molecule has 3 rings (SSSR count). The minimum Gasteiger partial charge on any atom is -0.431 e. The Morgan fingerprint density at radius 3 is 2.12 bits per heavy atom. The quantitative estimate of drug-likeness (QED) is 0.362. The maximum atomic E-state index is 14.9. The van der Waals surface area contributed by atoms with Crippen molar-refractivity contribution in [3.05, 3.63) is 24.3 Å². The van der Waals surface area contributed by atoms with Crippen LogP contribution < -0.4 is 15.0 Å². The Hall–Kier alpha value is -1.18. The fourth-order valence-corrected chi connectivity index (χ4v) is 12.1. The second kappa shape index (κ2) is 10.4. The van der Waals surface area contributed by atoms with Crippen LogP contribution >= 0.6 is 0 Å². The van der Waals surface area contributed by atoms with Crippen molar-refractivity contribution in [2.45, 2.75) is 121 Å². The van der Waals surface area contributed by atoms with Gasteiger partial charge in [0.05, 0.1) is 0 Å². The van der Waals surface area contributed by atoms with Gasteiger partial charge in [0.25, 0.3) is 0 Å². The number of hydrogen-bond donors (Lipinski definition) is 1. The van der Waals surface area contributed by atoms with E-state index in [-0.39, 0.29) is 27.9 Å². The van der Waals surface area contributed by atoms with Crippen LogP contribution in [0.3, 0.4) is 0 Å². The number of fused-ring (bicyclic) bond motifs is 1. The van der Waals surface area contributed by atoms with Gasteiger partial charge in [0.2, 0.25) is 8.32 Å². The summed E-state index contributed by atoms with van der Waals surface area (Å²) in [5.41, 5.74) is 1.82. The molecule has 194 valence electrons.